The zero-order valence-corrected chi connectivity index (χ0v) is 17.1. The van der Waals surface area contributed by atoms with Crippen LogP contribution in [0.2, 0.25) is 0 Å². The molecule has 0 radical (unpaired) electrons. The summed E-state index contributed by atoms with van der Waals surface area (Å²) < 4.78 is 0. The van der Waals surface area contributed by atoms with Crippen LogP contribution in [0.1, 0.15) is 57.9 Å². The summed E-state index contributed by atoms with van der Waals surface area (Å²) in [7, 11) is 0. The average Bonchev–Trinajstić information content (AvgIpc) is 3.04. The highest BCUT2D eigenvalue weighted by molar-refractivity contribution is 5.89. The molecule has 3 saturated carbocycles. The topological polar surface area (TPSA) is 42.0 Å². The van der Waals surface area contributed by atoms with Crippen molar-refractivity contribution in [1.29, 1.82) is 0 Å². The van der Waals surface area contributed by atoms with E-state index in [9.17, 15) is 4.79 Å². The van der Waals surface area contributed by atoms with Crippen LogP contribution in [-0.2, 0) is 4.79 Å². The lowest BCUT2D eigenvalue weighted by Crippen LogP contribution is -2.59. The smallest absolute Gasteiger partial charge is 0.243 e. The lowest BCUT2D eigenvalue weighted by molar-refractivity contribution is -0.122. The molecular weight excluding hydrogens is 344 g/mol. The number of hydrogen-bond acceptors (Lipinski definition) is 2. The Kier molecular flexibility index (Phi) is 4.26. The molecule has 7 atom stereocenters. The SMILES string of the molecule is C[C@]12C=CC(=O)N[C@@H]1CC[C@@H]1[C@@H]2CC[C@]2(C)[C@@H](/C=C/c3cccnc3)CC[C@@H]12. The van der Waals surface area contributed by atoms with Crippen molar-refractivity contribution < 1.29 is 4.79 Å². The molecular formula is C25H32N2O. The summed E-state index contributed by atoms with van der Waals surface area (Å²) in [4.78, 5) is 16.1. The number of hydrogen-bond donors (Lipinski definition) is 1. The normalized spacial score (nSPS) is 44.6. The molecule has 5 rings (SSSR count). The number of pyridine rings is 1. The van der Waals surface area contributed by atoms with E-state index in [1.807, 2.05) is 18.5 Å². The Bertz CT molecular complexity index is 815. The highest BCUT2D eigenvalue weighted by atomic mass is 16.1. The number of carbonyl (C=O) groups is 1. The highest BCUT2D eigenvalue weighted by Gasteiger charge is 2.59. The van der Waals surface area contributed by atoms with E-state index in [1.54, 1.807) is 6.08 Å². The van der Waals surface area contributed by atoms with Crippen LogP contribution in [0.5, 0.6) is 0 Å². The van der Waals surface area contributed by atoms with Crippen molar-refractivity contribution >= 4 is 12.0 Å². The Labute approximate surface area is 168 Å². The average molecular weight is 377 g/mol. The minimum absolute atomic E-state index is 0.100. The summed E-state index contributed by atoms with van der Waals surface area (Å²) >= 11 is 0. The summed E-state index contributed by atoms with van der Waals surface area (Å²) in [5, 5.41) is 3.27. The molecule has 0 bridgehead atoms. The number of amides is 1. The Morgan fingerprint density at radius 2 is 2.04 bits per heavy atom. The monoisotopic (exact) mass is 376 g/mol. The minimum Gasteiger partial charge on any atom is -0.349 e. The van der Waals surface area contributed by atoms with Gasteiger partial charge in [0.2, 0.25) is 5.91 Å². The van der Waals surface area contributed by atoms with Crippen molar-refractivity contribution in [1.82, 2.24) is 10.3 Å². The van der Waals surface area contributed by atoms with Crippen LogP contribution in [0.25, 0.3) is 6.08 Å². The third-order valence-corrected chi connectivity index (χ3v) is 8.96. The Hall–Kier alpha value is -1.90. The van der Waals surface area contributed by atoms with Gasteiger partial charge in [-0.2, -0.15) is 0 Å². The zero-order chi connectivity index (χ0) is 19.4. The van der Waals surface area contributed by atoms with Gasteiger partial charge < -0.3 is 5.32 Å². The number of aromatic nitrogens is 1. The van der Waals surface area contributed by atoms with Crippen molar-refractivity contribution in [2.24, 2.45) is 34.5 Å². The fourth-order valence-electron chi connectivity index (χ4n) is 7.39. The molecule has 1 aromatic rings. The maximum absolute atomic E-state index is 11.9. The van der Waals surface area contributed by atoms with E-state index in [2.05, 4.69) is 48.4 Å². The van der Waals surface area contributed by atoms with Crippen molar-refractivity contribution in [3.8, 4) is 0 Å². The van der Waals surface area contributed by atoms with Crippen molar-refractivity contribution in [2.45, 2.75) is 58.4 Å². The van der Waals surface area contributed by atoms with Gasteiger partial charge in [0, 0.05) is 23.9 Å². The molecule has 28 heavy (non-hydrogen) atoms. The summed E-state index contributed by atoms with van der Waals surface area (Å²) in [5.41, 5.74) is 1.77. The predicted molar refractivity (Wildman–Crippen MR) is 112 cm³/mol. The summed E-state index contributed by atoms with van der Waals surface area (Å²) in [5.74, 6) is 3.10. The molecule has 0 saturated heterocycles. The fraction of sp³-hybridized carbons (Fsp3) is 0.600. The van der Waals surface area contributed by atoms with E-state index >= 15 is 0 Å². The number of nitrogens with zero attached hydrogens (tertiary/aromatic N) is 1. The molecule has 4 aliphatic rings. The Morgan fingerprint density at radius 1 is 1.14 bits per heavy atom. The largest absolute Gasteiger partial charge is 0.349 e. The molecule has 3 fully saturated rings. The summed E-state index contributed by atoms with van der Waals surface area (Å²) in [6, 6.07) is 4.49. The van der Waals surface area contributed by atoms with Gasteiger partial charge in [0.05, 0.1) is 0 Å². The third-order valence-electron chi connectivity index (χ3n) is 8.96. The van der Waals surface area contributed by atoms with Crippen LogP contribution in [0.4, 0.5) is 0 Å². The van der Waals surface area contributed by atoms with Gasteiger partial charge in [0.25, 0.3) is 0 Å². The molecule has 0 unspecified atom stereocenters. The van der Waals surface area contributed by atoms with Gasteiger partial charge in [0.1, 0.15) is 0 Å². The molecule has 3 heteroatoms. The fourth-order valence-corrected chi connectivity index (χ4v) is 7.39. The van der Waals surface area contributed by atoms with Crippen LogP contribution in [0.15, 0.2) is 42.8 Å². The van der Waals surface area contributed by atoms with Gasteiger partial charge in [-0.1, -0.05) is 38.1 Å². The first-order valence-corrected chi connectivity index (χ1v) is 11.1. The van der Waals surface area contributed by atoms with Crippen LogP contribution < -0.4 is 5.32 Å². The van der Waals surface area contributed by atoms with Crippen molar-refractivity contribution in [3.05, 3.63) is 48.3 Å². The Morgan fingerprint density at radius 3 is 2.86 bits per heavy atom. The summed E-state index contributed by atoms with van der Waals surface area (Å²) in [6.07, 6.45) is 20.3. The predicted octanol–water partition coefficient (Wildman–Crippen LogP) is 5.01. The van der Waals surface area contributed by atoms with E-state index in [0.717, 1.165) is 18.3 Å². The van der Waals surface area contributed by atoms with Crippen LogP contribution in [0.3, 0.4) is 0 Å². The molecule has 1 amide bonds. The molecule has 1 aliphatic heterocycles. The second-order valence-corrected chi connectivity index (χ2v) is 10.1. The van der Waals surface area contributed by atoms with Gasteiger partial charge in [-0.25, -0.2) is 0 Å². The molecule has 0 spiro atoms. The molecule has 3 nitrogen and oxygen atoms in total. The van der Waals surface area contributed by atoms with Crippen molar-refractivity contribution in [3.63, 3.8) is 0 Å². The second kappa shape index (κ2) is 6.57. The maximum Gasteiger partial charge on any atom is 0.243 e. The molecule has 148 valence electrons. The standard InChI is InChI=1S/C25H32N2O/c1-24-13-11-21-19(8-10-22-25(21,2)14-12-23(28)27-22)20(24)9-7-18(24)6-5-17-4-3-15-26-16-17/h3-6,12,14-16,18-22H,7-11,13H2,1-2H3,(H,27,28)/b6-5+/t18-,19-,20-,21-,22+,24+,25+/m0/s1. The number of rotatable bonds is 2. The van der Waals surface area contributed by atoms with Gasteiger partial charge in [-0.3, -0.25) is 9.78 Å². The molecule has 3 aliphatic carbocycles. The number of allylic oxidation sites excluding steroid dienone is 1. The van der Waals surface area contributed by atoms with Gasteiger partial charge in [-0.15, -0.1) is 0 Å². The number of fused-ring (bicyclic) bond motifs is 5. The summed E-state index contributed by atoms with van der Waals surface area (Å²) in [6.45, 7) is 4.97. The lowest BCUT2D eigenvalue weighted by atomic mass is 9.48. The van der Waals surface area contributed by atoms with Crippen LogP contribution in [0, 0.1) is 34.5 Å². The number of carbonyl (C=O) groups excluding carboxylic acids is 1. The number of nitrogens with one attached hydrogen (secondary N) is 1. The van der Waals surface area contributed by atoms with Crippen molar-refractivity contribution in [2.75, 3.05) is 0 Å². The van der Waals surface area contributed by atoms with E-state index < -0.39 is 0 Å². The molecule has 1 N–H and O–H groups in total. The molecule has 1 aromatic heterocycles. The van der Waals surface area contributed by atoms with E-state index in [-0.39, 0.29) is 11.3 Å². The quantitative estimate of drug-likeness (QED) is 0.788. The van der Waals surface area contributed by atoms with Crippen LogP contribution >= 0.6 is 0 Å². The first kappa shape index (κ1) is 18.1. The minimum atomic E-state index is 0.100. The maximum atomic E-state index is 11.9. The van der Waals surface area contributed by atoms with Crippen LogP contribution in [-0.4, -0.2) is 16.9 Å². The Balaban J connectivity index is 1.39. The zero-order valence-electron chi connectivity index (χ0n) is 17.1. The van der Waals surface area contributed by atoms with Gasteiger partial charge in [-0.05, 0) is 85.3 Å². The van der Waals surface area contributed by atoms with E-state index in [0.29, 0.717) is 23.3 Å². The highest BCUT2D eigenvalue weighted by Crippen LogP contribution is 2.65. The molecule has 0 aromatic carbocycles. The molecule has 2 heterocycles. The third kappa shape index (κ3) is 2.69. The van der Waals surface area contributed by atoms with E-state index in [4.69, 9.17) is 0 Å². The first-order valence-electron chi connectivity index (χ1n) is 11.1. The second-order valence-electron chi connectivity index (χ2n) is 10.1. The van der Waals surface area contributed by atoms with Gasteiger partial charge in [0.15, 0.2) is 0 Å². The lowest BCUT2D eigenvalue weighted by Gasteiger charge is -2.58. The first-order chi connectivity index (χ1) is 13.5. The van der Waals surface area contributed by atoms with E-state index in [1.165, 1.54) is 37.7 Å². The van der Waals surface area contributed by atoms with Gasteiger partial charge >= 0.3 is 0 Å².